The SMILES string of the molecule is c1ccc(-c2cccc3c4ccccc4n(-c4ccccc4-c4ccc(N(c5ccccc5)c5ccc6sc7ccccc7c6c5)cc4)c23)cc1. The molecule has 2 nitrogen and oxygen atoms in total. The van der Waals surface area contributed by atoms with Crippen molar-refractivity contribution < 1.29 is 0 Å². The summed E-state index contributed by atoms with van der Waals surface area (Å²) in [7, 11) is 0. The lowest BCUT2D eigenvalue weighted by Crippen LogP contribution is -2.09. The number of anilines is 3. The number of hydrogen-bond acceptors (Lipinski definition) is 2. The molecular weight excluding hydrogens is 637 g/mol. The van der Waals surface area contributed by atoms with Crippen LogP contribution in [0.25, 0.3) is 69.9 Å². The van der Waals surface area contributed by atoms with Crippen molar-refractivity contribution in [3.8, 4) is 27.9 Å². The standard InChI is InChI=1S/C48H32N2S/c1-3-14-33(15-4-1)39-21-13-22-42-40-19-8-11-24-45(40)50(48(39)42)44-23-10-7-18-38(44)34-26-28-36(29-27-34)49(35-16-5-2-6-17-35)37-30-31-47-43(32-37)41-20-9-12-25-46(41)51-47/h1-32H. The molecule has 10 rings (SSSR count). The second-order valence-electron chi connectivity index (χ2n) is 12.9. The van der Waals surface area contributed by atoms with Crippen molar-refractivity contribution in [2.45, 2.75) is 0 Å². The molecule has 0 amide bonds. The molecule has 0 bridgehead atoms. The van der Waals surface area contributed by atoms with Crippen LogP contribution in [0.5, 0.6) is 0 Å². The lowest BCUT2D eigenvalue weighted by molar-refractivity contribution is 1.18. The van der Waals surface area contributed by atoms with Gasteiger partial charge >= 0.3 is 0 Å². The van der Waals surface area contributed by atoms with Crippen LogP contribution in [0.15, 0.2) is 194 Å². The van der Waals surface area contributed by atoms with Gasteiger partial charge < -0.3 is 9.47 Å². The summed E-state index contributed by atoms with van der Waals surface area (Å²) < 4.78 is 5.09. The van der Waals surface area contributed by atoms with E-state index in [9.17, 15) is 0 Å². The van der Waals surface area contributed by atoms with Crippen LogP contribution in [0, 0.1) is 0 Å². The predicted molar refractivity (Wildman–Crippen MR) is 219 cm³/mol. The van der Waals surface area contributed by atoms with E-state index in [-0.39, 0.29) is 0 Å². The molecule has 240 valence electrons. The number of nitrogens with zero attached hydrogens (tertiary/aromatic N) is 2. The van der Waals surface area contributed by atoms with Gasteiger partial charge in [-0.05, 0) is 71.8 Å². The van der Waals surface area contributed by atoms with Crippen LogP contribution in [-0.2, 0) is 0 Å². The highest BCUT2D eigenvalue weighted by atomic mass is 32.1. The Morgan fingerprint density at radius 1 is 0.373 bits per heavy atom. The minimum Gasteiger partial charge on any atom is -0.310 e. The molecule has 3 heteroatoms. The molecule has 0 radical (unpaired) electrons. The molecule has 2 heterocycles. The van der Waals surface area contributed by atoms with E-state index in [1.807, 2.05) is 11.3 Å². The topological polar surface area (TPSA) is 8.17 Å². The quantitative estimate of drug-likeness (QED) is 0.171. The Kier molecular flexibility index (Phi) is 7.04. The van der Waals surface area contributed by atoms with E-state index < -0.39 is 0 Å². The van der Waals surface area contributed by atoms with E-state index in [1.54, 1.807) is 0 Å². The molecule has 0 aliphatic carbocycles. The molecule has 0 atom stereocenters. The molecule has 0 saturated carbocycles. The summed E-state index contributed by atoms with van der Waals surface area (Å²) >= 11 is 1.85. The zero-order valence-electron chi connectivity index (χ0n) is 27.8. The fraction of sp³-hybridized carbons (Fsp3) is 0. The number of aromatic nitrogens is 1. The van der Waals surface area contributed by atoms with Gasteiger partial charge in [0.2, 0.25) is 0 Å². The van der Waals surface area contributed by atoms with Gasteiger partial charge in [-0.2, -0.15) is 0 Å². The van der Waals surface area contributed by atoms with Gasteiger partial charge in [0.1, 0.15) is 0 Å². The van der Waals surface area contributed by atoms with Crippen LogP contribution in [0.4, 0.5) is 17.1 Å². The van der Waals surface area contributed by atoms with Gasteiger partial charge in [0, 0.05) is 59.1 Å². The summed E-state index contributed by atoms with van der Waals surface area (Å²) in [4.78, 5) is 2.36. The first kappa shape index (κ1) is 29.5. The van der Waals surface area contributed by atoms with Crippen molar-refractivity contribution in [3.05, 3.63) is 194 Å². The second kappa shape index (κ2) is 12.2. The molecule has 0 spiro atoms. The summed E-state index contributed by atoms with van der Waals surface area (Å²) in [6.45, 7) is 0. The molecule has 0 aliphatic heterocycles. The van der Waals surface area contributed by atoms with Gasteiger partial charge in [0.25, 0.3) is 0 Å². The van der Waals surface area contributed by atoms with Crippen LogP contribution < -0.4 is 4.90 Å². The molecule has 51 heavy (non-hydrogen) atoms. The first-order valence-electron chi connectivity index (χ1n) is 17.4. The summed E-state index contributed by atoms with van der Waals surface area (Å²) in [6.07, 6.45) is 0. The molecule has 0 saturated heterocycles. The van der Waals surface area contributed by atoms with Gasteiger partial charge in [-0.3, -0.25) is 0 Å². The average Bonchev–Trinajstić information content (AvgIpc) is 3.75. The second-order valence-corrected chi connectivity index (χ2v) is 14.0. The Balaban J connectivity index is 1.13. The minimum atomic E-state index is 1.12. The normalized spacial score (nSPS) is 11.5. The van der Waals surface area contributed by atoms with Gasteiger partial charge in [0.05, 0.1) is 16.7 Å². The van der Waals surface area contributed by atoms with E-state index in [0.29, 0.717) is 0 Å². The highest BCUT2D eigenvalue weighted by Crippen LogP contribution is 2.43. The Labute approximate surface area is 300 Å². The van der Waals surface area contributed by atoms with Crippen LogP contribution in [0.1, 0.15) is 0 Å². The third-order valence-electron chi connectivity index (χ3n) is 9.99. The minimum absolute atomic E-state index is 1.12. The Morgan fingerprint density at radius 2 is 0.961 bits per heavy atom. The summed E-state index contributed by atoms with van der Waals surface area (Å²) in [5.41, 5.74) is 11.8. The van der Waals surface area contributed by atoms with Crippen molar-refractivity contribution >= 4 is 70.4 Å². The Bertz CT molecular complexity index is 2850. The van der Waals surface area contributed by atoms with Crippen molar-refractivity contribution in [2.24, 2.45) is 0 Å². The van der Waals surface area contributed by atoms with E-state index in [1.165, 1.54) is 64.2 Å². The zero-order valence-corrected chi connectivity index (χ0v) is 28.6. The lowest BCUT2D eigenvalue weighted by Gasteiger charge is -2.26. The molecule has 2 aromatic heterocycles. The number of hydrogen-bond donors (Lipinski definition) is 0. The summed E-state index contributed by atoms with van der Waals surface area (Å²) in [5.74, 6) is 0. The third kappa shape index (κ3) is 4.93. The zero-order chi connectivity index (χ0) is 33.7. The summed E-state index contributed by atoms with van der Waals surface area (Å²) in [6, 6.07) is 70.3. The fourth-order valence-corrected chi connectivity index (χ4v) is 8.79. The maximum absolute atomic E-state index is 2.47. The maximum atomic E-state index is 2.47. The molecule has 8 aromatic carbocycles. The fourth-order valence-electron chi connectivity index (χ4n) is 7.70. The number of thiophene rings is 1. The van der Waals surface area contributed by atoms with Crippen LogP contribution >= 0.6 is 11.3 Å². The van der Waals surface area contributed by atoms with Crippen molar-refractivity contribution in [1.29, 1.82) is 0 Å². The molecule has 0 fully saturated rings. The van der Waals surface area contributed by atoms with E-state index in [0.717, 1.165) is 22.7 Å². The van der Waals surface area contributed by atoms with Gasteiger partial charge in [-0.15, -0.1) is 11.3 Å². The largest absolute Gasteiger partial charge is 0.310 e. The van der Waals surface area contributed by atoms with Crippen molar-refractivity contribution in [2.75, 3.05) is 4.90 Å². The van der Waals surface area contributed by atoms with E-state index in [4.69, 9.17) is 0 Å². The lowest BCUT2D eigenvalue weighted by atomic mass is 10.0. The predicted octanol–water partition coefficient (Wildman–Crippen LogP) is 14.0. The van der Waals surface area contributed by atoms with E-state index in [2.05, 4.69) is 204 Å². The summed E-state index contributed by atoms with van der Waals surface area (Å²) in [5, 5.41) is 5.11. The first-order chi connectivity index (χ1) is 25.3. The molecular formula is C48H32N2S. The Hall–Kier alpha value is -6.42. The molecule has 0 unspecified atom stereocenters. The van der Waals surface area contributed by atoms with Gasteiger partial charge in [-0.1, -0.05) is 133 Å². The highest BCUT2D eigenvalue weighted by molar-refractivity contribution is 7.25. The van der Waals surface area contributed by atoms with Crippen LogP contribution in [0.2, 0.25) is 0 Å². The molecule has 0 N–H and O–H groups in total. The first-order valence-corrected chi connectivity index (χ1v) is 18.2. The van der Waals surface area contributed by atoms with E-state index >= 15 is 0 Å². The molecule has 10 aromatic rings. The third-order valence-corrected chi connectivity index (χ3v) is 11.1. The number of fused-ring (bicyclic) bond motifs is 6. The van der Waals surface area contributed by atoms with Crippen molar-refractivity contribution in [3.63, 3.8) is 0 Å². The Morgan fingerprint density at radius 3 is 1.80 bits per heavy atom. The average molecular weight is 669 g/mol. The maximum Gasteiger partial charge on any atom is 0.0619 e. The monoisotopic (exact) mass is 668 g/mol. The van der Waals surface area contributed by atoms with Gasteiger partial charge in [-0.25, -0.2) is 0 Å². The smallest absolute Gasteiger partial charge is 0.0619 e. The molecule has 0 aliphatic rings. The number of rotatable bonds is 6. The van der Waals surface area contributed by atoms with Crippen LogP contribution in [-0.4, -0.2) is 4.57 Å². The van der Waals surface area contributed by atoms with Gasteiger partial charge in [0.15, 0.2) is 0 Å². The number of para-hydroxylation sites is 4. The highest BCUT2D eigenvalue weighted by Gasteiger charge is 2.19. The van der Waals surface area contributed by atoms with Crippen molar-refractivity contribution in [1.82, 2.24) is 4.57 Å². The number of benzene rings is 8. The van der Waals surface area contributed by atoms with Crippen LogP contribution in [0.3, 0.4) is 0 Å².